The first-order valence-electron chi connectivity index (χ1n) is 7.29. The van der Waals surface area contributed by atoms with Crippen LogP contribution in [0.1, 0.15) is 16.7 Å². The molecule has 4 nitrogen and oxygen atoms in total. The highest BCUT2D eigenvalue weighted by Gasteiger charge is 2.25. The molecule has 0 aliphatic heterocycles. The monoisotopic (exact) mass is 299 g/mol. The zero-order valence-electron chi connectivity index (χ0n) is 12.2. The van der Waals surface area contributed by atoms with E-state index in [2.05, 4.69) is 15.2 Å². The van der Waals surface area contributed by atoms with Gasteiger partial charge >= 0.3 is 0 Å². The van der Waals surface area contributed by atoms with Crippen molar-refractivity contribution >= 4 is 11.9 Å². The molecular weight excluding hydrogens is 286 g/mol. The van der Waals surface area contributed by atoms with Crippen molar-refractivity contribution in [1.82, 2.24) is 4.98 Å². The fourth-order valence-corrected chi connectivity index (χ4v) is 2.71. The molecule has 0 saturated heterocycles. The normalized spacial score (nSPS) is 14.2. The molecule has 4 heteroatoms. The molecule has 0 spiro atoms. The zero-order chi connectivity index (χ0) is 15.6. The first-order chi connectivity index (χ1) is 11.3. The van der Waals surface area contributed by atoms with Crippen LogP contribution in [0.25, 0.3) is 11.3 Å². The molecule has 1 aromatic heterocycles. The number of rotatable bonds is 2. The number of aromatic hydroxyl groups is 1. The molecule has 1 N–H and O–H groups in total. The third kappa shape index (κ3) is 2.30. The van der Waals surface area contributed by atoms with Crippen LogP contribution in [-0.2, 0) is 0 Å². The van der Waals surface area contributed by atoms with Gasteiger partial charge in [-0.15, -0.1) is 5.10 Å². The van der Waals surface area contributed by atoms with Crippen molar-refractivity contribution in [2.24, 2.45) is 10.2 Å². The number of pyridine rings is 1. The Morgan fingerprint density at radius 3 is 2.43 bits per heavy atom. The Balaban J connectivity index is 1.78. The van der Waals surface area contributed by atoms with Gasteiger partial charge in [-0.05, 0) is 24.3 Å². The van der Waals surface area contributed by atoms with Crippen molar-refractivity contribution < 1.29 is 5.11 Å². The second-order valence-corrected chi connectivity index (χ2v) is 5.20. The second kappa shape index (κ2) is 5.50. The van der Waals surface area contributed by atoms with Crippen LogP contribution in [0.3, 0.4) is 0 Å². The lowest BCUT2D eigenvalue weighted by Crippen LogP contribution is -1.97. The summed E-state index contributed by atoms with van der Waals surface area (Å²) in [4.78, 5) is 4.46. The molecule has 23 heavy (non-hydrogen) atoms. The van der Waals surface area contributed by atoms with Crippen LogP contribution in [0.15, 0.2) is 77.1 Å². The van der Waals surface area contributed by atoms with Crippen LogP contribution < -0.4 is 0 Å². The smallest absolute Gasteiger partial charge is 0.124 e. The molecular formula is C19H13N3O. The van der Waals surface area contributed by atoms with Crippen LogP contribution >= 0.6 is 0 Å². The van der Waals surface area contributed by atoms with Crippen molar-refractivity contribution in [3.63, 3.8) is 0 Å². The molecule has 1 heterocycles. The zero-order valence-corrected chi connectivity index (χ0v) is 12.2. The van der Waals surface area contributed by atoms with Crippen molar-refractivity contribution in [2.75, 3.05) is 0 Å². The van der Waals surface area contributed by atoms with E-state index in [1.807, 2.05) is 42.5 Å². The quantitative estimate of drug-likeness (QED) is 0.454. The molecule has 2 aromatic carbocycles. The minimum absolute atomic E-state index is 0.185. The van der Waals surface area contributed by atoms with Gasteiger partial charge in [0.2, 0.25) is 0 Å². The number of para-hydroxylation sites is 1. The average molecular weight is 299 g/mol. The van der Waals surface area contributed by atoms with E-state index in [0.717, 1.165) is 28.1 Å². The molecule has 110 valence electrons. The van der Waals surface area contributed by atoms with E-state index in [9.17, 15) is 5.11 Å². The Hall–Kier alpha value is -3.27. The van der Waals surface area contributed by atoms with E-state index in [1.165, 1.54) is 0 Å². The van der Waals surface area contributed by atoms with Gasteiger partial charge in [0, 0.05) is 28.5 Å². The molecule has 0 atom stereocenters. The number of nitrogens with zero attached hydrogens (tertiary/aromatic N) is 3. The molecule has 1 aliphatic carbocycles. The van der Waals surface area contributed by atoms with Gasteiger partial charge in [-0.3, -0.25) is 4.98 Å². The lowest BCUT2D eigenvalue weighted by Gasteiger charge is -1.98. The lowest BCUT2D eigenvalue weighted by atomic mass is 10.1. The lowest BCUT2D eigenvalue weighted by molar-refractivity contribution is 0.474. The third-order valence-electron chi connectivity index (χ3n) is 3.79. The fourth-order valence-electron chi connectivity index (χ4n) is 2.71. The number of phenolic OH excluding ortho intramolecular Hbond substituents is 1. The SMILES string of the molecule is Oc1ccccc1/C=N/N=C1/c2ccccc2-c2ncccc21. The van der Waals surface area contributed by atoms with Crippen molar-refractivity contribution in [1.29, 1.82) is 0 Å². The Bertz CT molecular complexity index is 897. The summed E-state index contributed by atoms with van der Waals surface area (Å²) in [5.41, 5.74) is 5.43. The highest BCUT2D eigenvalue weighted by atomic mass is 16.3. The summed E-state index contributed by atoms with van der Waals surface area (Å²) < 4.78 is 0. The summed E-state index contributed by atoms with van der Waals surface area (Å²) in [5, 5.41) is 18.3. The van der Waals surface area contributed by atoms with E-state index >= 15 is 0 Å². The summed E-state index contributed by atoms with van der Waals surface area (Å²) in [6.07, 6.45) is 3.34. The van der Waals surface area contributed by atoms with Crippen molar-refractivity contribution in [3.05, 3.63) is 83.6 Å². The molecule has 0 amide bonds. The van der Waals surface area contributed by atoms with Crippen LogP contribution in [0.5, 0.6) is 5.75 Å². The highest BCUT2D eigenvalue weighted by Crippen LogP contribution is 2.34. The average Bonchev–Trinajstić information content (AvgIpc) is 2.91. The number of phenols is 1. The Labute approximate surface area is 133 Å². The highest BCUT2D eigenvalue weighted by molar-refractivity contribution is 6.23. The molecule has 1 aliphatic rings. The van der Waals surface area contributed by atoms with Gasteiger partial charge in [-0.2, -0.15) is 5.10 Å². The third-order valence-corrected chi connectivity index (χ3v) is 3.79. The van der Waals surface area contributed by atoms with Crippen molar-refractivity contribution in [3.8, 4) is 17.0 Å². The molecule has 0 radical (unpaired) electrons. The van der Waals surface area contributed by atoms with Gasteiger partial charge in [0.25, 0.3) is 0 Å². The van der Waals surface area contributed by atoms with E-state index in [1.54, 1.807) is 30.6 Å². The molecule has 3 aromatic rings. The van der Waals surface area contributed by atoms with Gasteiger partial charge in [0.1, 0.15) is 11.5 Å². The number of benzene rings is 2. The predicted molar refractivity (Wildman–Crippen MR) is 91.0 cm³/mol. The van der Waals surface area contributed by atoms with Gasteiger partial charge < -0.3 is 5.11 Å². The summed E-state index contributed by atoms with van der Waals surface area (Å²) in [7, 11) is 0. The second-order valence-electron chi connectivity index (χ2n) is 5.20. The molecule has 4 rings (SSSR count). The van der Waals surface area contributed by atoms with E-state index in [4.69, 9.17) is 0 Å². The van der Waals surface area contributed by atoms with Gasteiger partial charge in [0.05, 0.1) is 11.9 Å². The van der Waals surface area contributed by atoms with E-state index in [0.29, 0.717) is 5.56 Å². The van der Waals surface area contributed by atoms with Gasteiger partial charge in [-0.1, -0.05) is 36.4 Å². The minimum Gasteiger partial charge on any atom is -0.507 e. The standard InChI is InChI=1S/C19H13N3O/c23-17-10-4-1-6-13(17)12-21-22-19-15-8-3-2-7-14(15)18-16(19)9-5-11-20-18/h1-12,23H/b21-12+,22-19-. The Morgan fingerprint density at radius 1 is 0.826 bits per heavy atom. The van der Waals surface area contributed by atoms with Crippen LogP contribution in [0.2, 0.25) is 0 Å². The molecule has 0 fully saturated rings. The summed E-state index contributed by atoms with van der Waals surface area (Å²) >= 11 is 0. The Morgan fingerprint density at radius 2 is 1.57 bits per heavy atom. The predicted octanol–water partition coefficient (Wildman–Crippen LogP) is 3.64. The largest absolute Gasteiger partial charge is 0.507 e. The molecule has 0 bridgehead atoms. The number of fused-ring (bicyclic) bond motifs is 3. The van der Waals surface area contributed by atoms with E-state index < -0.39 is 0 Å². The topological polar surface area (TPSA) is 57.8 Å². The maximum absolute atomic E-state index is 9.77. The number of aromatic nitrogens is 1. The fraction of sp³-hybridized carbons (Fsp3) is 0. The number of hydrogen-bond donors (Lipinski definition) is 1. The molecule has 0 unspecified atom stereocenters. The maximum atomic E-state index is 9.77. The van der Waals surface area contributed by atoms with E-state index in [-0.39, 0.29) is 5.75 Å². The molecule has 0 saturated carbocycles. The van der Waals surface area contributed by atoms with Gasteiger partial charge in [0.15, 0.2) is 0 Å². The summed E-state index contributed by atoms with van der Waals surface area (Å²) in [6, 6.07) is 19.0. The summed E-state index contributed by atoms with van der Waals surface area (Å²) in [6.45, 7) is 0. The number of hydrogen-bond acceptors (Lipinski definition) is 4. The minimum atomic E-state index is 0.185. The van der Waals surface area contributed by atoms with Crippen LogP contribution in [-0.4, -0.2) is 22.0 Å². The van der Waals surface area contributed by atoms with Gasteiger partial charge in [-0.25, -0.2) is 0 Å². The van der Waals surface area contributed by atoms with Crippen LogP contribution in [0, 0.1) is 0 Å². The Kier molecular flexibility index (Phi) is 3.20. The first kappa shape index (κ1) is 13.4. The van der Waals surface area contributed by atoms with Crippen LogP contribution in [0.4, 0.5) is 0 Å². The van der Waals surface area contributed by atoms with Crippen molar-refractivity contribution in [2.45, 2.75) is 0 Å². The maximum Gasteiger partial charge on any atom is 0.124 e. The first-order valence-corrected chi connectivity index (χ1v) is 7.29. The summed E-state index contributed by atoms with van der Waals surface area (Å²) in [5.74, 6) is 0.185.